The molecule has 1 fully saturated rings. The molecule has 0 bridgehead atoms. The van der Waals surface area contributed by atoms with Crippen molar-refractivity contribution in [2.45, 2.75) is 26.3 Å². The Morgan fingerprint density at radius 1 is 1.38 bits per heavy atom. The monoisotopic (exact) mass is 323 g/mol. The van der Waals surface area contributed by atoms with Crippen LogP contribution in [0.1, 0.15) is 26.3 Å². The number of thioether (sulfide) groups is 1. The van der Waals surface area contributed by atoms with Crippen molar-refractivity contribution in [2.24, 2.45) is 0 Å². The van der Waals surface area contributed by atoms with Crippen LogP contribution in [0.5, 0.6) is 11.5 Å². The molecule has 0 saturated carbocycles. The second kappa shape index (κ2) is 5.69. The Labute approximate surface area is 133 Å². The van der Waals surface area contributed by atoms with Gasteiger partial charge in [0.2, 0.25) is 0 Å². The molecule has 0 radical (unpaired) electrons. The van der Waals surface area contributed by atoms with Crippen LogP contribution in [-0.4, -0.2) is 32.9 Å². The molecule has 0 atom stereocenters. The van der Waals surface area contributed by atoms with E-state index in [0.29, 0.717) is 15.0 Å². The highest BCUT2D eigenvalue weighted by Crippen LogP contribution is 2.37. The molecule has 1 amide bonds. The molecule has 2 rings (SSSR count). The third-order valence-corrected chi connectivity index (χ3v) is 4.27. The Kier molecular flexibility index (Phi) is 4.30. The van der Waals surface area contributed by atoms with Gasteiger partial charge in [0.1, 0.15) is 4.32 Å². The fourth-order valence-electron chi connectivity index (χ4n) is 1.98. The maximum absolute atomic E-state index is 12.5. The number of thiocarbonyl (C=S) groups is 1. The third-order valence-electron chi connectivity index (χ3n) is 2.97. The number of amides is 1. The first-order chi connectivity index (χ1) is 9.74. The molecule has 21 heavy (non-hydrogen) atoms. The average Bonchev–Trinajstić information content (AvgIpc) is 2.66. The lowest BCUT2D eigenvalue weighted by Gasteiger charge is -2.30. The van der Waals surface area contributed by atoms with Crippen LogP contribution in [0.4, 0.5) is 0 Å². The molecule has 0 unspecified atom stereocenters. The van der Waals surface area contributed by atoms with Crippen LogP contribution in [0.25, 0.3) is 6.08 Å². The van der Waals surface area contributed by atoms with Gasteiger partial charge in [-0.25, -0.2) is 0 Å². The Balaban J connectivity index is 2.35. The molecule has 0 aromatic heterocycles. The maximum Gasteiger partial charge on any atom is 0.266 e. The highest BCUT2D eigenvalue weighted by molar-refractivity contribution is 8.26. The van der Waals surface area contributed by atoms with Gasteiger partial charge in [0.05, 0.1) is 12.0 Å². The number of methoxy groups -OCH3 is 1. The average molecular weight is 323 g/mol. The van der Waals surface area contributed by atoms with Crippen molar-refractivity contribution in [3.8, 4) is 11.5 Å². The molecule has 4 nitrogen and oxygen atoms in total. The predicted molar refractivity (Wildman–Crippen MR) is 89.4 cm³/mol. The Morgan fingerprint density at radius 3 is 2.57 bits per heavy atom. The van der Waals surface area contributed by atoms with Gasteiger partial charge in [-0.2, -0.15) is 0 Å². The van der Waals surface area contributed by atoms with Gasteiger partial charge in [0, 0.05) is 5.54 Å². The minimum Gasteiger partial charge on any atom is -0.504 e. The van der Waals surface area contributed by atoms with E-state index in [1.165, 1.54) is 24.9 Å². The Bertz CT molecular complexity index is 632. The van der Waals surface area contributed by atoms with Crippen LogP contribution in [0.15, 0.2) is 23.1 Å². The van der Waals surface area contributed by atoms with Crippen molar-refractivity contribution in [1.29, 1.82) is 0 Å². The lowest BCUT2D eigenvalue weighted by atomic mass is 10.1. The number of benzene rings is 1. The van der Waals surface area contributed by atoms with Crippen molar-refractivity contribution in [1.82, 2.24) is 4.90 Å². The van der Waals surface area contributed by atoms with E-state index >= 15 is 0 Å². The lowest BCUT2D eigenvalue weighted by Crippen LogP contribution is -2.44. The number of rotatable bonds is 2. The number of nitrogens with zero attached hydrogens (tertiary/aromatic N) is 1. The fraction of sp³-hybridized carbons (Fsp3) is 0.333. The summed E-state index contributed by atoms with van der Waals surface area (Å²) in [5.41, 5.74) is 0.433. The molecule has 1 heterocycles. The fourth-order valence-corrected chi connectivity index (χ4v) is 3.62. The molecule has 1 N–H and O–H groups in total. The van der Waals surface area contributed by atoms with Crippen LogP contribution >= 0.6 is 24.0 Å². The minimum atomic E-state index is -0.344. The molecular weight excluding hydrogens is 306 g/mol. The van der Waals surface area contributed by atoms with Gasteiger partial charge in [0.25, 0.3) is 5.91 Å². The zero-order chi connectivity index (χ0) is 15.8. The number of hydrogen-bond acceptors (Lipinski definition) is 5. The quantitative estimate of drug-likeness (QED) is 0.668. The van der Waals surface area contributed by atoms with E-state index in [1.807, 2.05) is 20.8 Å². The summed E-state index contributed by atoms with van der Waals surface area (Å²) in [4.78, 5) is 14.7. The summed E-state index contributed by atoms with van der Waals surface area (Å²) < 4.78 is 5.63. The molecule has 6 heteroatoms. The molecule has 1 aliphatic heterocycles. The number of ether oxygens (including phenoxy) is 1. The first kappa shape index (κ1) is 15.9. The van der Waals surface area contributed by atoms with E-state index < -0.39 is 0 Å². The normalized spacial score (nSPS) is 17.7. The topological polar surface area (TPSA) is 49.8 Å². The van der Waals surface area contributed by atoms with Gasteiger partial charge in [-0.3, -0.25) is 9.69 Å². The van der Waals surface area contributed by atoms with Crippen molar-refractivity contribution in [3.63, 3.8) is 0 Å². The van der Waals surface area contributed by atoms with Gasteiger partial charge in [-0.15, -0.1) is 0 Å². The van der Waals surface area contributed by atoms with Crippen molar-refractivity contribution in [3.05, 3.63) is 28.7 Å². The Hall–Kier alpha value is -1.53. The highest BCUT2D eigenvalue weighted by Gasteiger charge is 2.38. The van der Waals surface area contributed by atoms with Crippen molar-refractivity contribution < 1.29 is 14.6 Å². The first-order valence-electron chi connectivity index (χ1n) is 6.39. The number of carbonyl (C=O) groups excluding carboxylic acids is 1. The van der Waals surface area contributed by atoms with E-state index in [4.69, 9.17) is 17.0 Å². The maximum atomic E-state index is 12.5. The largest absolute Gasteiger partial charge is 0.504 e. The van der Waals surface area contributed by atoms with E-state index in [2.05, 4.69) is 0 Å². The minimum absolute atomic E-state index is 0.0666. The standard InChI is InChI=1S/C15H17NO3S2/c1-15(2,3)16-13(18)12(21-14(16)20)8-9-5-6-10(17)11(7-9)19-4/h5-8,17H,1-4H3/b12-8-. The van der Waals surface area contributed by atoms with Gasteiger partial charge in [-0.05, 0) is 44.5 Å². The summed E-state index contributed by atoms with van der Waals surface area (Å²) in [5, 5.41) is 9.59. The molecule has 112 valence electrons. The summed E-state index contributed by atoms with van der Waals surface area (Å²) >= 11 is 6.58. The first-order valence-corrected chi connectivity index (χ1v) is 7.61. The number of hydrogen-bond donors (Lipinski definition) is 1. The molecule has 1 aromatic carbocycles. The Morgan fingerprint density at radius 2 is 2.05 bits per heavy atom. The number of phenolic OH excluding ortho intramolecular Hbond substituents is 1. The summed E-state index contributed by atoms with van der Waals surface area (Å²) in [6.07, 6.45) is 1.76. The molecule has 1 aliphatic rings. The second-order valence-corrected chi connectivity index (χ2v) is 7.29. The third kappa shape index (κ3) is 3.22. The molecule has 1 aromatic rings. The number of phenols is 1. The van der Waals surface area contributed by atoms with Crippen LogP contribution < -0.4 is 4.74 Å². The van der Waals surface area contributed by atoms with Crippen LogP contribution in [-0.2, 0) is 4.79 Å². The predicted octanol–water partition coefficient (Wildman–Crippen LogP) is 3.40. The molecule has 0 aliphatic carbocycles. The van der Waals surface area contributed by atoms with E-state index in [-0.39, 0.29) is 17.2 Å². The summed E-state index contributed by atoms with van der Waals surface area (Å²) in [6.45, 7) is 5.85. The van der Waals surface area contributed by atoms with E-state index in [0.717, 1.165) is 5.56 Å². The zero-order valence-electron chi connectivity index (χ0n) is 12.3. The SMILES string of the molecule is COc1cc(/C=C2\SC(=S)N(C(C)(C)C)C2=O)ccc1O. The summed E-state index contributed by atoms with van der Waals surface area (Å²) in [6, 6.07) is 4.94. The number of aromatic hydroxyl groups is 1. The van der Waals surface area contributed by atoms with Crippen LogP contribution in [0.3, 0.4) is 0 Å². The highest BCUT2D eigenvalue weighted by atomic mass is 32.2. The van der Waals surface area contributed by atoms with Crippen LogP contribution in [0.2, 0.25) is 0 Å². The van der Waals surface area contributed by atoms with Gasteiger partial charge in [0.15, 0.2) is 11.5 Å². The van der Waals surface area contributed by atoms with Crippen molar-refractivity contribution >= 4 is 40.3 Å². The summed E-state index contributed by atoms with van der Waals surface area (Å²) in [5.74, 6) is 0.344. The van der Waals surface area contributed by atoms with E-state index in [9.17, 15) is 9.90 Å². The smallest absolute Gasteiger partial charge is 0.266 e. The van der Waals surface area contributed by atoms with Gasteiger partial charge >= 0.3 is 0 Å². The number of carbonyl (C=O) groups is 1. The van der Waals surface area contributed by atoms with Crippen molar-refractivity contribution in [2.75, 3.05) is 7.11 Å². The van der Waals surface area contributed by atoms with E-state index in [1.54, 1.807) is 23.1 Å². The van der Waals surface area contributed by atoms with Gasteiger partial charge < -0.3 is 9.84 Å². The molecule has 0 spiro atoms. The molecular formula is C15H17NO3S2. The van der Waals surface area contributed by atoms with Crippen LogP contribution in [0, 0.1) is 0 Å². The zero-order valence-corrected chi connectivity index (χ0v) is 14.0. The summed E-state index contributed by atoms with van der Waals surface area (Å²) in [7, 11) is 1.48. The lowest BCUT2D eigenvalue weighted by molar-refractivity contribution is -0.125. The van der Waals surface area contributed by atoms with Gasteiger partial charge in [-0.1, -0.05) is 30.0 Å². The molecule has 1 saturated heterocycles. The second-order valence-electron chi connectivity index (χ2n) is 5.62.